The van der Waals surface area contributed by atoms with E-state index in [2.05, 4.69) is 15.3 Å². The van der Waals surface area contributed by atoms with Crippen LogP contribution in [0.2, 0.25) is 5.02 Å². The molecule has 13 heteroatoms. The molecule has 2 N–H and O–H groups in total. The lowest BCUT2D eigenvalue weighted by atomic mass is 9.97. The van der Waals surface area contributed by atoms with E-state index in [9.17, 15) is 13.2 Å². The summed E-state index contributed by atoms with van der Waals surface area (Å²) in [5.74, 6) is 5.04. The van der Waals surface area contributed by atoms with Crippen LogP contribution in [0.15, 0.2) is 67.2 Å². The SMILES string of the molecule is COc1cc(-c2c(Cl)ccn2S(=O)(=O)c2ccc(C)cc2)oc1C(N=NC(C)OC(=O)C(C)(C)C)=NN. The number of rotatable bonds is 7. The van der Waals surface area contributed by atoms with E-state index in [1.165, 1.54) is 44.5 Å². The molecule has 2 heterocycles. The zero-order chi connectivity index (χ0) is 27.5. The zero-order valence-corrected chi connectivity index (χ0v) is 22.8. The number of amidine groups is 1. The average molecular weight is 550 g/mol. The fourth-order valence-electron chi connectivity index (χ4n) is 3.06. The number of benzene rings is 1. The average Bonchev–Trinajstić information content (AvgIpc) is 3.42. The van der Waals surface area contributed by atoms with Gasteiger partial charge in [0.25, 0.3) is 10.0 Å². The van der Waals surface area contributed by atoms with Gasteiger partial charge in [-0.3, -0.25) is 4.79 Å². The maximum Gasteiger partial charge on any atom is 0.313 e. The van der Waals surface area contributed by atoms with Gasteiger partial charge in [-0.25, -0.2) is 12.4 Å². The van der Waals surface area contributed by atoms with Gasteiger partial charge >= 0.3 is 5.97 Å². The topological polar surface area (TPSA) is 151 Å². The van der Waals surface area contributed by atoms with Crippen LogP contribution in [0.1, 0.15) is 39.0 Å². The maximum atomic E-state index is 13.4. The number of carbonyl (C=O) groups is 1. The molecule has 0 amide bonds. The van der Waals surface area contributed by atoms with Crippen LogP contribution in [0.3, 0.4) is 0 Å². The number of hydrogen-bond acceptors (Lipinski definition) is 9. The maximum absolute atomic E-state index is 13.4. The summed E-state index contributed by atoms with van der Waals surface area (Å²) in [6.07, 6.45) is 0.389. The summed E-state index contributed by atoms with van der Waals surface area (Å²) in [6.45, 7) is 8.51. The highest BCUT2D eigenvalue weighted by Gasteiger charge is 2.28. The summed E-state index contributed by atoms with van der Waals surface area (Å²) in [5.41, 5.74) is 0.254. The van der Waals surface area contributed by atoms with Crippen molar-refractivity contribution in [3.63, 3.8) is 0 Å². The van der Waals surface area contributed by atoms with Crippen LogP contribution in [-0.4, -0.2) is 37.5 Å². The van der Waals surface area contributed by atoms with Gasteiger partial charge in [-0.2, -0.15) is 5.10 Å². The number of nitrogens with zero attached hydrogens (tertiary/aromatic N) is 4. The highest BCUT2D eigenvalue weighted by molar-refractivity contribution is 7.90. The Labute approximate surface area is 220 Å². The van der Waals surface area contributed by atoms with Gasteiger partial charge in [0.2, 0.25) is 17.8 Å². The fraction of sp³-hybridized carbons (Fsp3) is 0.333. The minimum Gasteiger partial charge on any atom is -0.493 e. The van der Waals surface area contributed by atoms with E-state index < -0.39 is 27.6 Å². The number of aromatic nitrogens is 1. The highest BCUT2D eigenvalue weighted by Crippen LogP contribution is 2.37. The van der Waals surface area contributed by atoms with Crippen LogP contribution < -0.4 is 10.6 Å². The summed E-state index contributed by atoms with van der Waals surface area (Å²) in [7, 11) is -2.63. The number of aryl methyl sites for hydroxylation is 1. The minimum atomic E-state index is -4.01. The Morgan fingerprint density at radius 3 is 2.41 bits per heavy atom. The molecule has 0 saturated carbocycles. The molecule has 1 atom stereocenters. The van der Waals surface area contributed by atoms with E-state index in [1.807, 2.05) is 6.92 Å². The van der Waals surface area contributed by atoms with Crippen molar-refractivity contribution in [2.45, 2.75) is 45.7 Å². The number of methoxy groups -OCH3 is 1. The van der Waals surface area contributed by atoms with Crippen LogP contribution in [0.25, 0.3) is 11.5 Å². The lowest BCUT2D eigenvalue weighted by Crippen LogP contribution is -2.26. The molecule has 1 unspecified atom stereocenters. The zero-order valence-electron chi connectivity index (χ0n) is 21.2. The number of carbonyl (C=O) groups excluding carboxylic acids is 1. The van der Waals surface area contributed by atoms with E-state index in [0.717, 1.165) is 9.54 Å². The second-order valence-corrected chi connectivity index (χ2v) is 11.3. The first-order valence-corrected chi connectivity index (χ1v) is 12.9. The molecule has 0 fully saturated rings. The largest absolute Gasteiger partial charge is 0.493 e. The number of hydrogen-bond donors (Lipinski definition) is 1. The molecule has 3 aromatic rings. The third-order valence-corrected chi connectivity index (χ3v) is 7.06. The molecule has 0 radical (unpaired) electrons. The van der Waals surface area contributed by atoms with Crippen molar-refractivity contribution in [1.29, 1.82) is 0 Å². The molecule has 11 nitrogen and oxygen atoms in total. The lowest BCUT2D eigenvalue weighted by molar-refractivity contribution is -0.157. The molecule has 3 rings (SSSR count). The highest BCUT2D eigenvalue weighted by atomic mass is 35.5. The summed E-state index contributed by atoms with van der Waals surface area (Å²) < 4.78 is 44.2. The number of furan rings is 1. The van der Waals surface area contributed by atoms with Crippen molar-refractivity contribution in [2.75, 3.05) is 7.11 Å². The first kappa shape index (κ1) is 27.9. The number of halogens is 1. The fourth-order valence-corrected chi connectivity index (χ4v) is 4.71. The van der Waals surface area contributed by atoms with Gasteiger partial charge in [0.1, 0.15) is 5.69 Å². The van der Waals surface area contributed by atoms with Gasteiger partial charge in [-0.05, 0) is 52.8 Å². The molecule has 0 saturated heterocycles. The van der Waals surface area contributed by atoms with E-state index in [0.29, 0.717) is 0 Å². The standard InChI is InChI=1S/C24H28ClN5O6S/c1-14-7-9-16(10-8-14)37(32,33)30-12-11-17(25)20(30)18-13-19(34-6)21(36-18)22(27-26)29-28-15(2)35-23(31)24(3,4)5/h7-13,15H,26H2,1-6H3. The van der Waals surface area contributed by atoms with Gasteiger partial charge in [0.05, 0.1) is 22.4 Å². The Morgan fingerprint density at radius 1 is 1.19 bits per heavy atom. The molecular weight excluding hydrogens is 522 g/mol. The van der Waals surface area contributed by atoms with Gasteiger partial charge in [-0.15, -0.1) is 10.2 Å². The number of hydrazone groups is 1. The van der Waals surface area contributed by atoms with E-state index in [-0.39, 0.29) is 38.7 Å². The monoisotopic (exact) mass is 549 g/mol. The van der Waals surface area contributed by atoms with Crippen molar-refractivity contribution >= 4 is 33.4 Å². The van der Waals surface area contributed by atoms with Gasteiger partial charge < -0.3 is 19.7 Å². The molecule has 0 spiro atoms. The predicted octanol–water partition coefficient (Wildman–Crippen LogP) is 4.96. The molecule has 1 aromatic carbocycles. The van der Waals surface area contributed by atoms with E-state index in [1.54, 1.807) is 32.9 Å². The number of esters is 1. The normalized spacial score (nSPS) is 13.6. The van der Waals surface area contributed by atoms with Crippen molar-refractivity contribution < 1.29 is 27.1 Å². The molecule has 2 aromatic heterocycles. The van der Waals surface area contributed by atoms with Crippen molar-refractivity contribution in [3.8, 4) is 17.2 Å². The van der Waals surface area contributed by atoms with Crippen molar-refractivity contribution in [1.82, 2.24) is 3.97 Å². The molecule has 0 aliphatic heterocycles. The number of azo groups is 1. The summed E-state index contributed by atoms with van der Waals surface area (Å²) >= 11 is 6.37. The van der Waals surface area contributed by atoms with Crippen LogP contribution in [0, 0.1) is 12.3 Å². The molecular formula is C24H28ClN5O6S. The van der Waals surface area contributed by atoms with Crippen LogP contribution >= 0.6 is 11.6 Å². The Morgan fingerprint density at radius 2 is 1.84 bits per heavy atom. The molecule has 0 aliphatic rings. The summed E-state index contributed by atoms with van der Waals surface area (Å²) in [5, 5.41) is 11.6. The van der Waals surface area contributed by atoms with Crippen LogP contribution in [0.5, 0.6) is 5.75 Å². The van der Waals surface area contributed by atoms with Crippen LogP contribution in [-0.2, 0) is 19.6 Å². The molecule has 37 heavy (non-hydrogen) atoms. The van der Waals surface area contributed by atoms with Crippen molar-refractivity contribution in [2.24, 2.45) is 26.6 Å². The smallest absolute Gasteiger partial charge is 0.313 e. The Bertz CT molecular complexity index is 1450. The Balaban J connectivity index is 1.99. The van der Waals surface area contributed by atoms with Gasteiger partial charge in [0, 0.05) is 12.3 Å². The molecule has 198 valence electrons. The molecule has 0 bridgehead atoms. The number of ether oxygens (including phenoxy) is 2. The predicted molar refractivity (Wildman–Crippen MR) is 138 cm³/mol. The Kier molecular flexibility index (Phi) is 8.13. The van der Waals surface area contributed by atoms with E-state index in [4.69, 9.17) is 31.3 Å². The lowest BCUT2D eigenvalue weighted by Gasteiger charge is -2.18. The quantitative estimate of drug-likeness (QED) is 0.109. The van der Waals surface area contributed by atoms with Crippen LogP contribution in [0.4, 0.5) is 0 Å². The first-order chi connectivity index (χ1) is 17.3. The number of nitrogens with two attached hydrogens (primary N) is 1. The first-order valence-electron chi connectivity index (χ1n) is 11.1. The Hall–Kier alpha value is -3.64. The van der Waals surface area contributed by atoms with Crippen molar-refractivity contribution in [3.05, 3.63) is 58.9 Å². The van der Waals surface area contributed by atoms with E-state index >= 15 is 0 Å². The minimum absolute atomic E-state index is 0.0327. The second kappa shape index (κ2) is 10.8. The summed E-state index contributed by atoms with van der Waals surface area (Å²) in [6, 6.07) is 9.26. The van der Waals surface area contributed by atoms with Gasteiger partial charge in [0.15, 0.2) is 11.5 Å². The third-order valence-electron chi connectivity index (χ3n) is 5.06. The third kappa shape index (κ3) is 6.03. The van der Waals surface area contributed by atoms with Gasteiger partial charge in [-0.1, -0.05) is 29.3 Å². The second-order valence-electron chi connectivity index (χ2n) is 9.06. The summed E-state index contributed by atoms with van der Waals surface area (Å²) in [4.78, 5) is 12.1. The molecule has 0 aliphatic carbocycles.